The fraction of sp³-hybridized carbons (Fsp3) is 0.480. The molecule has 0 unspecified atom stereocenters. The zero-order chi connectivity index (χ0) is 24.0. The van der Waals surface area contributed by atoms with Crippen LogP contribution in [0.25, 0.3) is 0 Å². The molecule has 2 aromatic rings. The van der Waals surface area contributed by atoms with E-state index < -0.39 is 0 Å². The number of hydrogen-bond acceptors (Lipinski definition) is 5. The van der Waals surface area contributed by atoms with Crippen molar-refractivity contribution in [3.05, 3.63) is 54.0 Å². The van der Waals surface area contributed by atoms with Gasteiger partial charge in [-0.3, -0.25) is 14.4 Å². The first-order valence-electron chi connectivity index (χ1n) is 11.3. The molecule has 1 saturated heterocycles. The lowest BCUT2D eigenvalue weighted by Crippen LogP contribution is -2.46. The molecule has 1 fully saturated rings. The molecule has 0 radical (unpaired) electrons. The van der Waals surface area contributed by atoms with Crippen LogP contribution in [0.5, 0.6) is 0 Å². The molecule has 8 heteroatoms. The molecule has 33 heavy (non-hydrogen) atoms. The highest BCUT2D eigenvalue weighted by Gasteiger charge is 2.29. The lowest BCUT2D eigenvalue weighted by atomic mass is 9.91. The van der Waals surface area contributed by atoms with E-state index in [1.807, 2.05) is 14.1 Å². The highest BCUT2D eigenvalue weighted by molar-refractivity contribution is 6.02. The Morgan fingerprint density at radius 3 is 2.33 bits per heavy atom. The predicted molar refractivity (Wildman–Crippen MR) is 127 cm³/mol. The van der Waals surface area contributed by atoms with Gasteiger partial charge in [0.25, 0.3) is 11.8 Å². The van der Waals surface area contributed by atoms with Gasteiger partial charge in [0.15, 0.2) is 5.76 Å². The summed E-state index contributed by atoms with van der Waals surface area (Å²) in [6, 6.07) is 10.0. The summed E-state index contributed by atoms with van der Waals surface area (Å²) in [6.07, 6.45) is 2.75. The third-order valence-electron chi connectivity index (χ3n) is 5.77. The number of carbonyl (C=O) groups excluding carboxylic acids is 3. The summed E-state index contributed by atoms with van der Waals surface area (Å²) in [4.78, 5) is 41.5. The van der Waals surface area contributed by atoms with E-state index in [0.717, 1.165) is 6.54 Å². The van der Waals surface area contributed by atoms with Gasteiger partial charge in [0.05, 0.1) is 6.26 Å². The highest BCUT2D eigenvalue weighted by Crippen LogP contribution is 2.21. The first-order chi connectivity index (χ1) is 15.6. The van der Waals surface area contributed by atoms with E-state index >= 15 is 0 Å². The van der Waals surface area contributed by atoms with Crippen LogP contribution >= 0.6 is 0 Å². The van der Waals surface area contributed by atoms with Gasteiger partial charge in [-0.1, -0.05) is 13.8 Å². The molecule has 0 spiro atoms. The summed E-state index contributed by atoms with van der Waals surface area (Å²) in [6.45, 7) is 6.91. The number of nitrogens with zero attached hydrogens (tertiary/aromatic N) is 2. The van der Waals surface area contributed by atoms with Gasteiger partial charge >= 0.3 is 0 Å². The van der Waals surface area contributed by atoms with Gasteiger partial charge in [0.2, 0.25) is 5.91 Å². The van der Waals surface area contributed by atoms with Crippen molar-refractivity contribution >= 4 is 23.4 Å². The fourth-order valence-electron chi connectivity index (χ4n) is 4.21. The van der Waals surface area contributed by atoms with Gasteiger partial charge in [-0.25, -0.2) is 0 Å². The fourth-order valence-corrected chi connectivity index (χ4v) is 4.21. The third-order valence-corrected chi connectivity index (χ3v) is 5.77. The number of hydrogen-bond donors (Lipinski definition) is 2. The maximum Gasteiger partial charge on any atom is 0.291 e. The van der Waals surface area contributed by atoms with E-state index in [4.69, 9.17) is 4.42 Å². The molecule has 0 aliphatic carbocycles. The number of rotatable bonds is 8. The molecule has 178 valence electrons. The summed E-state index contributed by atoms with van der Waals surface area (Å²) >= 11 is 0. The Balaban J connectivity index is 1.47. The van der Waals surface area contributed by atoms with E-state index in [-0.39, 0.29) is 34.8 Å². The first kappa shape index (κ1) is 24.5. The second-order valence-corrected chi connectivity index (χ2v) is 9.70. The van der Waals surface area contributed by atoms with Crippen molar-refractivity contribution in [3.8, 4) is 0 Å². The zero-order valence-electron chi connectivity index (χ0n) is 19.9. The Labute approximate surface area is 195 Å². The number of furan rings is 1. The topological polar surface area (TPSA) is 94.9 Å². The molecule has 3 amide bonds. The van der Waals surface area contributed by atoms with Crippen LogP contribution in [0.4, 0.5) is 5.69 Å². The van der Waals surface area contributed by atoms with E-state index in [9.17, 15) is 14.4 Å². The van der Waals surface area contributed by atoms with Crippen LogP contribution in [-0.2, 0) is 4.79 Å². The molecule has 2 N–H and O–H groups in total. The predicted octanol–water partition coefficient (Wildman–Crippen LogP) is 3.09. The van der Waals surface area contributed by atoms with E-state index in [2.05, 4.69) is 29.4 Å². The van der Waals surface area contributed by atoms with Gasteiger partial charge in [-0.15, -0.1) is 0 Å². The van der Waals surface area contributed by atoms with Crippen LogP contribution in [0.3, 0.4) is 0 Å². The quantitative estimate of drug-likeness (QED) is 0.639. The Bertz CT molecular complexity index is 943. The Morgan fingerprint density at radius 1 is 1.09 bits per heavy atom. The maximum atomic E-state index is 12.9. The van der Waals surface area contributed by atoms with Gasteiger partial charge in [0, 0.05) is 43.3 Å². The zero-order valence-corrected chi connectivity index (χ0v) is 19.9. The van der Waals surface area contributed by atoms with Crippen LogP contribution in [-0.4, -0.2) is 67.8 Å². The largest absolute Gasteiger partial charge is 0.459 e. The van der Waals surface area contributed by atoms with Crippen molar-refractivity contribution in [2.24, 2.45) is 11.3 Å². The van der Waals surface area contributed by atoms with Crippen molar-refractivity contribution in [3.63, 3.8) is 0 Å². The second-order valence-electron chi connectivity index (χ2n) is 9.70. The van der Waals surface area contributed by atoms with Crippen molar-refractivity contribution < 1.29 is 18.8 Å². The number of likely N-dealkylation sites (tertiary alicyclic amines) is 1. The SMILES string of the molecule is CN(C)CC(C)(C)CNC(=O)C1CCN(C(=O)c2ccc(NC(=O)c3ccco3)cc2)CC1. The van der Waals surface area contributed by atoms with Crippen LogP contribution in [0, 0.1) is 11.3 Å². The van der Waals surface area contributed by atoms with Crippen molar-refractivity contribution in [2.45, 2.75) is 26.7 Å². The molecular weight excluding hydrogens is 420 g/mol. The number of carbonyl (C=O) groups is 3. The number of piperidine rings is 1. The van der Waals surface area contributed by atoms with Crippen molar-refractivity contribution in [2.75, 3.05) is 45.6 Å². The molecule has 1 aliphatic heterocycles. The Kier molecular flexibility index (Phi) is 7.92. The second kappa shape index (κ2) is 10.7. The highest BCUT2D eigenvalue weighted by atomic mass is 16.3. The molecule has 0 saturated carbocycles. The molecule has 2 heterocycles. The van der Waals surface area contributed by atoms with Gasteiger partial charge in [-0.2, -0.15) is 0 Å². The maximum absolute atomic E-state index is 12.9. The van der Waals surface area contributed by atoms with Gasteiger partial charge in [-0.05, 0) is 68.8 Å². The van der Waals surface area contributed by atoms with Crippen molar-refractivity contribution in [1.82, 2.24) is 15.1 Å². The minimum atomic E-state index is -0.343. The average molecular weight is 455 g/mol. The summed E-state index contributed by atoms with van der Waals surface area (Å²) in [5.74, 6) is -0.174. The molecular formula is C25H34N4O4. The van der Waals surface area contributed by atoms with Crippen LogP contribution in [0.1, 0.15) is 47.6 Å². The summed E-state index contributed by atoms with van der Waals surface area (Å²) < 4.78 is 5.08. The lowest BCUT2D eigenvalue weighted by Gasteiger charge is -2.33. The Hall–Kier alpha value is -3.13. The monoisotopic (exact) mass is 454 g/mol. The smallest absolute Gasteiger partial charge is 0.291 e. The number of nitrogens with one attached hydrogen (secondary N) is 2. The molecule has 8 nitrogen and oxygen atoms in total. The Morgan fingerprint density at radius 2 is 1.76 bits per heavy atom. The molecule has 1 aliphatic rings. The summed E-state index contributed by atoms with van der Waals surface area (Å²) in [7, 11) is 4.06. The van der Waals surface area contributed by atoms with Crippen LogP contribution < -0.4 is 10.6 Å². The molecule has 0 bridgehead atoms. The summed E-state index contributed by atoms with van der Waals surface area (Å²) in [5, 5.41) is 5.83. The third kappa shape index (κ3) is 6.92. The molecule has 1 aromatic heterocycles. The van der Waals surface area contributed by atoms with Crippen molar-refractivity contribution in [1.29, 1.82) is 0 Å². The first-order valence-corrected chi connectivity index (χ1v) is 11.3. The molecule has 1 aromatic carbocycles. The number of anilines is 1. The van der Waals surface area contributed by atoms with Crippen LogP contribution in [0.2, 0.25) is 0 Å². The molecule has 0 atom stereocenters. The number of benzene rings is 1. The lowest BCUT2D eigenvalue weighted by molar-refractivity contribution is -0.126. The van der Waals surface area contributed by atoms with E-state index in [0.29, 0.717) is 43.7 Å². The van der Waals surface area contributed by atoms with Gasteiger partial charge < -0.3 is 24.9 Å². The summed E-state index contributed by atoms with van der Waals surface area (Å²) in [5.41, 5.74) is 1.14. The standard InChI is InChI=1S/C25H34N4O4/c1-25(2,17-28(3)4)16-26-22(30)18-11-13-29(14-12-18)24(32)19-7-9-20(10-8-19)27-23(31)21-6-5-15-33-21/h5-10,15,18H,11-14,16-17H2,1-4H3,(H,26,30)(H,27,31). The minimum absolute atomic E-state index is 0.000577. The van der Waals surface area contributed by atoms with E-state index in [1.165, 1.54) is 6.26 Å². The molecule has 3 rings (SSSR count). The normalized spacial score (nSPS) is 14.9. The average Bonchev–Trinajstić information content (AvgIpc) is 3.32. The van der Waals surface area contributed by atoms with Gasteiger partial charge in [0.1, 0.15) is 0 Å². The van der Waals surface area contributed by atoms with E-state index in [1.54, 1.807) is 41.3 Å². The van der Waals surface area contributed by atoms with Crippen LogP contribution in [0.15, 0.2) is 47.1 Å². The minimum Gasteiger partial charge on any atom is -0.459 e. The number of amides is 3.